The van der Waals surface area contributed by atoms with Gasteiger partial charge in [0.2, 0.25) is 0 Å². The fourth-order valence-corrected chi connectivity index (χ4v) is 2.98. The van der Waals surface area contributed by atoms with E-state index in [1.54, 1.807) is 21.6 Å². The third-order valence-corrected chi connectivity index (χ3v) is 4.21. The summed E-state index contributed by atoms with van der Waals surface area (Å²) in [5.74, 6) is 0.434. The first kappa shape index (κ1) is 15.8. The second-order valence-corrected chi connectivity index (χ2v) is 6.02. The minimum absolute atomic E-state index is 0.135. The summed E-state index contributed by atoms with van der Waals surface area (Å²) in [6.07, 6.45) is 1.27. The minimum Gasteiger partial charge on any atom is -0.433 e. The third-order valence-electron chi connectivity index (χ3n) is 1.64. The molecule has 0 aromatic rings. The first-order chi connectivity index (χ1) is 7.61. The number of carbonyl (C=O) groups is 1. The largest absolute Gasteiger partial charge is 0.510 e. The number of carbonyl (C=O) groups excluding carboxylic acids is 1. The number of nitrogens with zero attached hydrogens (tertiary/aromatic N) is 1. The van der Waals surface area contributed by atoms with Crippen molar-refractivity contribution < 1.29 is 14.3 Å². The van der Waals surface area contributed by atoms with Gasteiger partial charge in [-0.1, -0.05) is 35.4 Å². The lowest BCUT2D eigenvalue weighted by molar-refractivity contribution is 0.0561. The van der Waals surface area contributed by atoms with Crippen molar-refractivity contribution in [3.8, 4) is 0 Å². The van der Waals surface area contributed by atoms with Crippen LogP contribution in [0.4, 0.5) is 4.79 Å². The smallest absolute Gasteiger partial charge is 0.433 e. The molecule has 0 heterocycles. The normalized spacial score (nSPS) is 11.8. The Hall–Kier alpha value is -0.230. The maximum Gasteiger partial charge on any atom is 0.510 e. The summed E-state index contributed by atoms with van der Waals surface area (Å²) >= 11 is 4.32. The van der Waals surface area contributed by atoms with Crippen molar-refractivity contribution in [3.63, 3.8) is 0 Å². The zero-order chi connectivity index (χ0) is 12.4. The number of rotatable bonds is 7. The summed E-state index contributed by atoms with van der Waals surface area (Å²) < 4.78 is 9.57. The lowest BCUT2D eigenvalue weighted by Gasteiger charge is -2.18. The number of ether oxygens (including phenoxy) is 2. The highest BCUT2D eigenvalue weighted by Gasteiger charge is 2.16. The van der Waals surface area contributed by atoms with Crippen LogP contribution >= 0.6 is 33.8 Å². The molecule has 0 saturated carbocycles. The number of hydrogen-bond donors (Lipinski definition) is 0. The maximum absolute atomic E-state index is 11.1. The molecule has 0 aliphatic rings. The molecular weight excluding hydrogens is 266 g/mol. The molecule has 0 bridgehead atoms. The lowest BCUT2D eigenvalue weighted by Crippen LogP contribution is -2.21. The summed E-state index contributed by atoms with van der Waals surface area (Å²) in [4.78, 5) is 14.5. The molecule has 92 valence electrons. The Morgan fingerprint density at radius 1 is 1.50 bits per heavy atom. The number of thiocarbonyl (C=S) groups is 1. The highest BCUT2D eigenvalue weighted by Crippen LogP contribution is 2.29. The predicted octanol–water partition coefficient (Wildman–Crippen LogP) is 3.24. The van der Waals surface area contributed by atoms with Crippen LogP contribution in [0, 0.1) is 5.92 Å². The lowest BCUT2D eigenvalue weighted by atomic mass is 10.1. The van der Waals surface area contributed by atoms with Crippen LogP contribution in [0.2, 0.25) is 0 Å². The SMILES string of the molecule is CSS[C@@H](COC(=O)OCN=C=S)C(C)C. The van der Waals surface area contributed by atoms with Crippen LogP contribution in [-0.4, -0.2) is 36.2 Å². The minimum atomic E-state index is -0.721. The number of aliphatic imine (C=N–C) groups is 1. The maximum atomic E-state index is 11.1. The van der Waals surface area contributed by atoms with E-state index in [2.05, 4.69) is 41.0 Å². The monoisotopic (exact) mass is 281 g/mol. The van der Waals surface area contributed by atoms with E-state index < -0.39 is 6.16 Å². The molecule has 7 heteroatoms. The van der Waals surface area contributed by atoms with Crippen molar-refractivity contribution in [1.82, 2.24) is 0 Å². The van der Waals surface area contributed by atoms with Gasteiger partial charge in [-0.15, -0.1) is 0 Å². The zero-order valence-electron chi connectivity index (χ0n) is 9.47. The van der Waals surface area contributed by atoms with E-state index in [9.17, 15) is 4.79 Å². The molecule has 1 atom stereocenters. The van der Waals surface area contributed by atoms with E-state index in [4.69, 9.17) is 4.74 Å². The highest BCUT2D eigenvalue weighted by molar-refractivity contribution is 8.76. The van der Waals surface area contributed by atoms with E-state index in [0.29, 0.717) is 12.5 Å². The van der Waals surface area contributed by atoms with Crippen molar-refractivity contribution in [1.29, 1.82) is 0 Å². The van der Waals surface area contributed by atoms with Crippen LogP contribution in [0.15, 0.2) is 4.99 Å². The summed E-state index contributed by atoms with van der Waals surface area (Å²) in [6.45, 7) is 4.37. The van der Waals surface area contributed by atoms with Gasteiger partial charge in [-0.05, 0) is 24.4 Å². The van der Waals surface area contributed by atoms with Crippen molar-refractivity contribution in [3.05, 3.63) is 0 Å². The van der Waals surface area contributed by atoms with Crippen molar-refractivity contribution in [2.75, 3.05) is 19.6 Å². The third kappa shape index (κ3) is 7.98. The van der Waals surface area contributed by atoms with Crippen molar-refractivity contribution >= 4 is 45.1 Å². The molecule has 0 radical (unpaired) electrons. The molecule has 0 unspecified atom stereocenters. The summed E-state index contributed by atoms with van der Waals surface area (Å²) in [7, 11) is 3.34. The average Bonchev–Trinajstić information content (AvgIpc) is 2.24. The molecule has 0 spiro atoms. The topological polar surface area (TPSA) is 47.9 Å². The molecular formula is C9H15NO3S3. The van der Waals surface area contributed by atoms with Gasteiger partial charge in [-0.3, -0.25) is 0 Å². The second-order valence-electron chi connectivity index (χ2n) is 3.13. The van der Waals surface area contributed by atoms with Gasteiger partial charge in [0.15, 0.2) is 6.73 Å². The Morgan fingerprint density at radius 2 is 2.19 bits per heavy atom. The van der Waals surface area contributed by atoms with Gasteiger partial charge in [0, 0.05) is 0 Å². The van der Waals surface area contributed by atoms with E-state index in [1.807, 2.05) is 6.26 Å². The Bertz CT molecular complexity index is 254. The molecule has 4 nitrogen and oxygen atoms in total. The van der Waals surface area contributed by atoms with Gasteiger partial charge in [0.25, 0.3) is 0 Å². The Balaban J connectivity index is 3.82. The van der Waals surface area contributed by atoms with Gasteiger partial charge in [-0.25, -0.2) is 4.79 Å². The van der Waals surface area contributed by atoms with Crippen molar-refractivity contribution in [2.24, 2.45) is 10.9 Å². The summed E-state index contributed by atoms with van der Waals surface area (Å²) in [5, 5.41) is 2.36. The van der Waals surface area contributed by atoms with Crippen LogP contribution in [-0.2, 0) is 9.47 Å². The Kier molecular flexibility index (Phi) is 9.82. The van der Waals surface area contributed by atoms with E-state index in [-0.39, 0.29) is 12.0 Å². The number of hydrogen-bond acceptors (Lipinski definition) is 7. The van der Waals surface area contributed by atoms with Gasteiger partial charge >= 0.3 is 6.16 Å². The molecule has 0 rings (SSSR count). The van der Waals surface area contributed by atoms with E-state index >= 15 is 0 Å². The first-order valence-electron chi connectivity index (χ1n) is 4.64. The van der Waals surface area contributed by atoms with Gasteiger partial charge in [0.05, 0.1) is 10.4 Å². The second kappa shape index (κ2) is 9.96. The molecule has 0 aromatic heterocycles. The standard InChI is InChI=1S/C9H15NO3S3/c1-7(2)8(16-15-3)4-12-9(11)13-5-10-6-14/h7-8H,4-5H2,1-3H3/t8-/m0/s1. The van der Waals surface area contributed by atoms with Gasteiger partial charge in [-0.2, -0.15) is 4.99 Å². The van der Waals surface area contributed by atoms with E-state index in [0.717, 1.165) is 0 Å². The van der Waals surface area contributed by atoms with Crippen LogP contribution in [0.25, 0.3) is 0 Å². The zero-order valence-corrected chi connectivity index (χ0v) is 11.9. The summed E-state index contributed by atoms with van der Waals surface area (Å²) in [6, 6.07) is 0. The quantitative estimate of drug-likeness (QED) is 0.309. The van der Waals surface area contributed by atoms with Crippen LogP contribution < -0.4 is 0 Å². The molecule has 0 amide bonds. The average molecular weight is 281 g/mol. The van der Waals surface area contributed by atoms with Crippen LogP contribution in [0.3, 0.4) is 0 Å². The highest BCUT2D eigenvalue weighted by atomic mass is 33.1. The van der Waals surface area contributed by atoms with Crippen molar-refractivity contribution in [2.45, 2.75) is 19.1 Å². The molecule has 0 aromatic carbocycles. The fraction of sp³-hybridized carbons (Fsp3) is 0.778. The Morgan fingerprint density at radius 3 is 2.69 bits per heavy atom. The predicted molar refractivity (Wildman–Crippen MR) is 72.1 cm³/mol. The summed E-state index contributed by atoms with van der Waals surface area (Å²) in [5.41, 5.74) is 0. The molecule has 16 heavy (non-hydrogen) atoms. The molecule has 0 aliphatic carbocycles. The molecule has 0 fully saturated rings. The Labute approximate surface area is 109 Å². The van der Waals surface area contributed by atoms with Crippen LogP contribution in [0.5, 0.6) is 0 Å². The first-order valence-corrected chi connectivity index (χ1v) is 7.67. The van der Waals surface area contributed by atoms with Gasteiger partial charge < -0.3 is 9.47 Å². The molecule has 0 saturated heterocycles. The molecule has 0 aliphatic heterocycles. The number of isothiocyanates is 1. The van der Waals surface area contributed by atoms with E-state index in [1.165, 1.54) is 0 Å². The molecule has 0 N–H and O–H groups in total. The van der Waals surface area contributed by atoms with Gasteiger partial charge in [0.1, 0.15) is 6.61 Å². The van der Waals surface area contributed by atoms with Crippen LogP contribution in [0.1, 0.15) is 13.8 Å². The fourth-order valence-electron chi connectivity index (χ4n) is 0.758.